The van der Waals surface area contributed by atoms with Crippen LogP contribution in [-0.2, 0) is 9.53 Å². The van der Waals surface area contributed by atoms with Crippen molar-refractivity contribution in [2.24, 2.45) is 11.8 Å². The van der Waals surface area contributed by atoms with Gasteiger partial charge in [0.25, 0.3) is 0 Å². The van der Waals surface area contributed by atoms with Gasteiger partial charge in [0, 0.05) is 19.2 Å². The van der Waals surface area contributed by atoms with Crippen LogP contribution in [0.5, 0.6) is 0 Å². The minimum atomic E-state index is -0.766. The van der Waals surface area contributed by atoms with Gasteiger partial charge in [0.2, 0.25) is 0 Å². The number of aliphatic carboxylic acids is 1. The fourth-order valence-electron chi connectivity index (χ4n) is 1.07. The van der Waals surface area contributed by atoms with Crippen LogP contribution < -0.4 is 5.32 Å². The van der Waals surface area contributed by atoms with Crippen LogP contribution in [0.15, 0.2) is 0 Å². The second-order valence-corrected chi connectivity index (χ2v) is 4.34. The Morgan fingerprint density at radius 2 is 1.93 bits per heavy atom. The predicted molar refractivity (Wildman–Crippen MR) is 59.9 cm³/mol. The monoisotopic (exact) mass is 217 g/mol. The van der Waals surface area contributed by atoms with E-state index < -0.39 is 5.97 Å². The Hall–Kier alpha value is -0.610. The molecule has 0 aliphatic carbocycles. The SMILES string of the molecule is CC(C)COCCNC(C)C(C)C(=O)O. The summed E-state index contributed by atoms with van der Waals surface area (Å²) in [4.78, 5) is 10.6. The summed E-state index contributed by atoms with van der Waals surface area (Å²) in [6, 6.07) is -0.0230. The lowest BCUT2D eigenvalue weighted by Crippen LogP contribution is -2.38. The molecular formula is C11H23NO3. The number of rotatable bonds is 8. The third-order valence-corrected chi connectivity index (χ3v) is 2.30. The van der Waals surface area contributed by atoms with Gasteiger partial charge in [-0.25, -0.2) is 0 Å². The van der Waals surface area contributed by atoms with Crippen LogP contribution in [0.3, 0.4) is 0 Å². The molecular weight excluding hydrogens is 194 g/mol. The van der Waals surface area contributed by atoms with Crippen molar-refractivity contribution < 1.29 is 14.6 Å². The zero-order valence-electron chi connectivity index (χ0n) is 10.1. The first-order chi connectivity index (χ1) is 6.95. The summed E-state index contributed by atoms with van der Waals surface area (Å²) in [7, 11) is 0. The fraction of sp³-hybridized carbons (Fsp3) is 0.909. The summed E-state index contributed by atoms with van der Waals surface area (Å²) < 4.78 is 5.38. The minimum Gasteiger partial charge on any atom is -0.481 e. The molecule has 0 saturated carbocycles. The van der Waals surface area contributed by atoms with E-state index in [4.69, 9.17) is 9.84 Å². The highest BCUT2D eigenvalue weighted by atomic mass is 16.5. The lowest BCUT2D eigenvalue weighted by Gasteiger charge is -2.17. The molecule has 0 aromatic carbocycles. The molecule has 4 nitrogen and oxygen atoms in total. The molecule has 0 bridgehead atoms. The van der Waals surface area contributed by atoms with Gasteiger partial charge in [-0.05, 0) is 12.8 Å². The zero-order valence-corrected chi connectivity index (χ0v) is 10.1. The van der Waals surface area contributed by atoms with E-state index in [1.165, 1.54) is 0 Å². The Balaban J connectivity index is 3.47. The number of hydrogen-bond acceptors (Lipinski definition) is 3. The van der Waals surface area contributed by atoms with Crippen molar-refractivity contribution in [1.29, 1.82) is 0 Å². The van der Waals surface area contributed by atoms with Crippen molar-refractivity contribution in [2.75, 3.05) is 19.8 Å². The van der Waals surface area contributed by atoms with E-state index in [0.717, 1.165) is 6.61 Å². The average Bonchev–Trinajstić information content (AvgIpc) is 2.15. The molecule has 0 radical (unpaired) electrons. The van der Waals surface area contributed by atoms with Gasteiger partial charge < -0.3 is 15.2 Å². The normalized spacial score (nSPS) is 15.3. The van der Waals surface area contributed by atoms with Gasteiger partial charge in [-0.1, -0.05) is 20.8 Å². The van der Waals surface area contributed by atoms with E-state index >= 15 is 0 Å². The molecule has 90 valence electrons. The minimum absolute atomic E-state index is 0.0230. The molecule has 0 aromatic heterocycles. The molecule has 2 N–H and O–H groups in total. The van der Waals surface area contributed by atoms with Crippen LogP contribution in [0.25, 0.3) is 0 Å². The van der Waals surface area contributed by atoms with Crippen LogP contribution in [-0.4, -0.2) is 36.9 Å². The molecule has 0 aliphatic heterocycles. The molecule has 0 aliphatic rings. The average molecular weight is 217 g/mol. The van der Waals surface area contributed by atoms with E-state index in [0.29, 0.717) is 19.1 Å². The number of ether oxygens (including phenoxy) is 1. The van der Waals surface area contributed by atoms with E-state index in [9.17, 15) is 4.79 Å². The van der Waals surface area contributed by atoms with Crippen molar-refractivity contribution in [3.05, 3.63) is 0 Å². The number of hydrogen-bond donors (Lipinski definition) is 2. The maximum atomic E-state index is 10.6. The Morgan fingerprint density at radius 3 is 2.40 bits per heavy atom. The van der Waals surface area contributed by atoms with E-state index in [1.54, 1.807) is 6.92 Å². The Bertz CT molecular complexity index is 183. The van der Waals surface area contributed by atoms with Crippen LogP contribution >= 0.6 is 0 Å². The van der Waals surface area contributed by atoms with Gasteiger partial charge in [-0.2, -0.15) is 0 Å². The van der Waals surface area contributed by atoms with Gasteiger partial charge in [0.15, 0.2) is 0 Å². The van der Waals surface area contributed by atoms with Gasteiger partial charge in [-0.3, -0.25) is 4.79 Å². The largest absolute Gasteiger partial charge is 0.481 e. The first-order valence-electron chi connectivity index (χ1n) is 5.49. The van der Waals surface area contributed by atoms with Crippen molar-refractivity contribution in [3.8, 4) is 0 Å². The zero-order chi connectivity index (χ0) is 11.8. The summed E-state index contributed by atoms with van der Waals surface area (Å²) in [5, 5.41) is 11.9. The smallest absolute Gasteiger partial charge is 0.307 e. The Morgan fingerprint density at radius 1 is 1.33 bits per heavy atom. The van der Waals surface area contributed by atoms with Gasteiger partial charge in [-0.15, -0.1) is 0 Å². The molecule has 2 atom stereocenters. The van der Waals surface area contributed by atoms with Crippen LogP contribution in [0.2, 0.25) is 0 Å². The van der Waals surface area contributed by atoms with E-state index in [-0.39, 0.29) is 12.0 Å². The van der Waals surface area contributed by atoms with E-state index in [1.807, 2.05) is 6.92 Å². The van der Waals surface area contributed by atoms with Crippen molar-refractivity contribution in [2.45, 2.75) is 33.7 Å². The molecule has 4 heteroatoms. The molecule has 15 heavy (non-hydrogen) atoms. The lowest BCUT2D eigenvalue weighted by atomic mass is 10.0. The summed E-state index contributed by atoms with van der Waals surface area (Å²) in [5.41, 5.74) is 0. The highest BCUT2D eigenvalue weighted by Crippen LogP contribution is 2.01. The highest BCUT2D eigenvalue weighted by molar-refractivity contribution is 5.70. The number of carboxylic acid groups (broad SMARTS) is 1. The molecule has 0 fully saturated rings. The van der Waals surface area contributed by atoms with Crippen LogP contribution in [0, 0.1) is 11.8 Å². The molecule has 0 heterocycles. The van der Waals surface area contributed by atoms with Gasteiger partial charge in [0.1, 0.15) is 0 Å². The molecule has 0 spiro atoms. The third kappa shape index (κ3) is 7.33. The summed E-state index contributed by atoms with van der Waals surface area (Å²) in [6.07, 6.45) is 0. The van der Waals surface area contributed by atoms with E-state index in [2.05, 4.69) is 19.2 Å². The molecule has 0 aromatic rings. The maximum Gasteiger partial charge on any atom is 0.307 e. The molecule has 0 amide bonds. The van der Waals surface area contributed by atoms with Crippen molar-refractivity contribution >= 4 is 5.97 Å². The summed E-state index contributed by atoms with van der Waals surface area (Å²) in [6.45, 7) is 9.87. The predicted octanol–water partition coefficient (Wildman–Crippen LogP) is 1.36. The second kappa shape index (κ2) is 7.65. The quantitative estimate of drug-likeness (QED) is 0.603. The topological polar surface area (TPSA) is 58.6 Å². The van der Waals surface area contributed by atoms with Crippen molar-refractivity contribution in [1.82, 2.24) is 5.32 Å². The number of carbonyl (C=O) groups is 1. The molecule has 0 rings (SSSR count). The summed E-state index contributed by atoms with van der Waals surface area (Å²) in [5.74, 6) is -0.589. The Kier molecular flexibility index (Phi) is 7.34. The van der Waals surface area contributed by atoms with Gasteiger partial charge in [0.05, 0.1) is 12.5 Å². The lowest BCUT2D eigenvalue weighted by molar-refractivity contribution is -0.141. The standard InChI is InChI=1S/C11H23NO3/c1-8(2)7-15-6-5-12-10(4)9(3)11(13)14/h8-10,12H,5-7H2,1-4H3,(H,13,14). The first-order valence-corrected chi connectivity index (χ1v) is 5.49. The number of nitrogens with one attached hydrogen (secondary N) is 1. The molecule has 2 unspecified atom stereocenters. The van der Waals surface area contributed by atoms with Crippen molar-refractivity contribution in [3.63, 3.8) is 0 Å². The molecule has 0 saturated heterocycles. The van der Waals surface area contributed by atoms with Gasteiger partial charge >= 0.3 is 5.97 Å². The highest BCUT2D eigenvalue weighted by Gasteiger charge is 2.18. The first kappa shape index (κ1) is 14.4. The Labute approximate surface area is 92.0 Å². The number of carboxylic acids is 1. The van der Waals surface area contributed by atoms with Crippen LogP contribution in [0.4, 0.5) is 0 Å². The second-order valence-electron chi connectivity index (χ2n) is 4.34. The fourth-order valence-corrected chi connectivity index (χ4v) is 1.07. The van der Waals surface area contributed by atoms with Crippen LogP contribution in [0.1, 0.15) is 27.7 Å². The third-order valence-electron chi connectivity index (χ3n) is 2.30. The summed E-state index contributed by atoms with van der Waals surface area (Å²) >= 11 is 0. The maximum absolute atomic E-state index is 10.6.